The van der Waals surface area contributed by atoms with Gasteiger partial charge in [-0.3, -0.25) is 9.59 Å². The molecule has 1 fully saturated rings. The van der Waals surface area contributed by atoms with E-state index in [0.29, 0.717) is 0 Å². The first-order valence-corrected chi connectivity index (χ1v) is 6.74. The van der Waals surface area contributed by atoms with Crippen LogP contribution in [0.25, 0.3) is 0 Å². The molecule has 0 radical (unpaired) electrons. The third-order valence-electron chi connectivity index (χ3n) is 3.29. The van der Waals surface area contributed by atoms with Crippen molar-refractivity contribution >= 4 is 18.0 Å². The molecular weight excluding hydrogens is 274 g/mol. The molecule has 0 bridgehead atoms. The lowest BCUT2D eigenvalue weighted by molar-refractivity contribution is -0.147. The molecule has 1 aromatic rings. The van der Waals surface area contributed by atoms with Crippen LogP contribution < -0.4 is 0 Å². The summed E-state index contributed by atoms with van der Waals surface area (Å²) in [6, 6.07) is 6.94. The minimum absolute atomic E-state index is 0.0955. The molecule has 0 aromatic heterocycles. The Morgan fingerprint density at radius 1 is 1.38 bits per heavy atom. The normalized spacial score (nSPS) is 17.5. The van der Waals surface area contributed by atoms with Gasteiger partial charge in [-0.25, -0.2) is 9.69 Å². The van der Waals surface area contributed by atoms with Gasteiger partial charge in [0.15, 0.2) is 0 Å². The summed E-state index contributed by atoms with van der Waals surface area (Å²) in [5, 5.41) is 0. The van der Waals surface area contributed by atoms with Crippen molar-refractivity contribution in [3.05, 3.63) is 35.4 Å². The van der Waals surface area contributed by atoms with Gasteiger partial charge in [-0.15, -0.1) is 0 Å². The van der Waals surface area contributed by atoms with Crippen molar-refractivity contribution in [1.29, 1.82) is 0 Å². The van der Waals surface area contributed by atoms with Gasteiger partial charge in [-0.2, -0.15) is 0 Å². The number of hydrogen-bond acceptors (Lipinski definition) is 5. The highest BCUT2D eigenvalue weighted by Crippen LogP contribution is 2.30. The summed E-state index contributed by atoms with van der Waals surface area (Å²) in [6.45, 7) is 3.84. The van der Waals surface area contributed by atoms with E-state index in [4.69, 9.17) is 9.47 Å². The fourth-order valence-corrected chi connectivity index (χ4v) is 2.31. The smallest absolute Gasteiger partial charge is 0.417 e. The van der Waals surface area contributed by atoms with Gasteiger partial charge in [-0.1, -0.05) is 24.3 Å². The minimum atomic E-state index is -0.724. The van der Waals surface area contributed by atoms with E-state index in [-0.39, 0.29) is 13.2 Å². The molecule has 0 saturated carbocycles. The second-order valence-electron chi connectivity index (χ2n) is 4.69. The summed E-state index contributed by atoms with van der Waals surface area (Å²) in [7, 11) is 0. The van der Waals surface area contributed by atoms with Crippen LogP contribution in [0, 0.1) is 6.92 Å². The zero-order valence-corrected chi connectivity index (χ0v) is 12.0. The number of benzene rings is 1. The molecule has 1 atom stereocenters. The molecule has 112 valence electrons. The van der Waals surface area contributed by atoms with Crippen LogP contribution in [0.3, 0.4) is 0 Å². The first kappa shape index (κ1) is 15.0. The van der Waals surface area contributed by atoms with Crippen LogP contribution in [-0.2, 0) is 19.1 Å². The average Bonchev–Trinajstić information content (AvgIpc) is 2.81. The monoisotopic (exact) mass is 291 g/mol. The Kier molecular flexibility index (Phi) is 4.57. The molecule has 1 aliphatic heterocycles. The molecule has 21 heavy (non-hydrogen) atoms. The van der Waals surface area contributed by atoms with Crippen molar-refractivity contribution in [1.82, 2.24) is 4.90 Å². The number of ether oxygens (including phenoxy) is 2. The number of cyclic esters (lactones) is 1. The third kappa shape index (κ3) is 3.21. The van der Waals surface area contributed by atoms with Crippen LogP contribution >= 0.6 is 0 Å². The van der Waals surface area contributed by atoms with Crippen LogP contribution in [-0.4, -0.2) is 36.1 Å². The largest absolute Gasteiger partial charge is 0.466 e. The summed E-state index contributed by atoms with van der Waals surface area (Å²) in [6.07, 6.45) is -1.19. The third-order valence-corrected chi connectivity index (χ3v) is 3.29. The first-order chi connectivity index (χ1) is 10.0. The highest BCUT2D eigenvalue weighted by Gasteiger charge is 2.40. The van der Waals surface area contributed by atoms with Gasteiger partial charge in [-0.05, 0) is 25.0 Å². The maximum atomic E-state index is 12.2. The lowest BCUT2D eigenvalue weighted by Gasteiger charge is -2.21. The number of hydrogen-bond donors (Lipinski definition) is 0. The van der Waals surface area contributed by atoms with Gasteiger partial charge in [0.2, 0.25) is 5.91 Å². The lowest BCUT2D eigenvalue weighted by Crippen LogP contribution is -2.36. The number of nitrogens with zero attached hydrogens (tertiary/aromatic N) is 1. The quantitative estimate of drug-likeness (QED) is 0.626. The molecule has 1 saturated heterocycles. The summed E-state index contributed by atoms with van der Waals surface area (Å²) < 4.78 is 9.70. The van der Waals surface area contributed by atoms with E-state index >= 15 is 0 Å². The Labute approximate surface area is 122 Å². The molecule has 6 heteroatoms. The molecule has 2 amide bonds. The van der Waals surface area contributed by atoms with E-state index in [1.165, 1.54) is 0 Å². The molecule has 2 rings (SSSR count). The second kappa shape index (κ2) is 6.39. The van der Waals surface area contributed by atoms with Crippen LogP contribution in [0.4, 0.5) is 4.79 Å². The Morgan fingerprint density at radius 3 is 2.76 bits per heavy atom. The molecule has 0 spiro atoms. The van der Waals surface area contributed by atoms with Crippen molar-refractivity contribution in [3.8, 4) is 0 Å². The molecule has 0 unspecified atom stereocenters. The summed E-state index contributed by atoms with van der Waals surface area (Å²) >= 11 is 0. The number of aryl methyl sites for hydroxylation is 1. The molecule has 6 nitrogen and oxygen atoms in total. The Balaban J connectivity index is 2.19. The van der Waals surface area contributed by atoms with Crippen LogP contribution in [0.1, 0.15) is 30.5 Å². The maximum absolute atomic E-state index is 12.2. The van der Waals surface area contributed by atoms with Crippen LogP contribution in [0.5, 0.6) is 0 Å². The summed E-state index contributed by atoms with van der Waals surface area (Å²) in [5.41, 5.74) is 1.79. The van der Waals surface area contributed by atoms with Gasteiger partial charge in [0.1, 0.15) is 19.1 Å². The molecule has 1 heterocycles. The fourth-order valence-electron chi connectivity index (χ4n) is 2.31. The molecule has 0 aliphatic carbocycles. The van der Waals surface area contributed by atoms with E-state index in [1.807, 2.05) is 31.2 Å². The zero-order valence-electron chi connectivity index (χ0n) is 12.0. The van der Waals surface area contributed by atoms with Crippen molar-refractivity contribution in [2.45, 2.75) is 26.3 Å². The first-order valence-electron chi connectivity index (χ1n) is 6.74. The Morgan fingerprint density at radius 2 is 2.10 bits per heavy atom. The zero-order chi connectivity index (χ0) is 15.4. The van der Waals surface area contributed by atoms with Crippen molar-refractivity contribution in [2.24, 2.45) is 0 Å². The van der Waals surface area contributed by atoms with Gasteiger partial charge in [0.25, 0.3) is 0 Å². The Hall–Kier alpha value is -2.37. The average molecular weight is 291 g/mol. The number of rotatable bonds is 4. The summed E-state index contributed by atoms with van der Waals surface area (Å²) in [4.78, 5) is 36.3. The molecular formula is C15H17NO5. The molecule has 1 aliphatic rings. The van der Waals surface area contributed by atoms with Crippen LogP contribution in [0.15, 0.2) is 24.3 Å². The topological polar surface area (TPSA) is 72.9 Å². The van der Waals surface area contributed by atoms with Crippen molar-refractivity contribution < 1.29 is 23.9 Å². The predicted molar refractivity (Wildman–Crippen MR) is 73.4 cm³/mol. The Bertz CT molecular complexity index is 569. The van der Waals surface area contributed by atoms with E-state index in [1.54, 1.807) is 6.92 Å². The van der Waals surface area contributed by atoms with Crippen LogP contribution in [0.2, 0.25) is 0 Å². The standard InChI is InChI=1S/C15H17NO5/c1-3-20-14(18)8-13(17)16-12(9-21-15(16)19)11-7-5-4-6-10(11)2/h4-7,12H,3,8-9H2,1-2H3/t12-/m1/s1. The molecule has 0 N–H and O–H groups in total. The number of esters is 1. The highest BCUT2D eigenvalue weighted by molar-refractivity contribution is 6.02. The maximum Gasteiger partial charge on any atom is 0.417 e. The fraction of sp³-hybridized carbons (Fsp3) is 0.400. The summed E-state index contributed by atoms with van der Waals surface area (Å²) in [5.74, 6) is -1.25. The highest BCUT2D eigenvalue weighted by atomic mass is 16.6. The predicted octanol–water partition coefficient (Wildman–Crippen LogP) is 1.97. The van der Waals surface area contributed by atoms with E-state index in [0.717, 1.165) is 16.0 Å². The van der Waals surface area contributed by atoms with Gasteiger partial charge < -0.3 is 9.47 Å². The number of amides is 2. The second-order valence-corrected chi connectivity index (χ2v) is 4.69. The number of carbonyl (C=O) groups excluding carboxylic acids is 3. The van der Waals surface area contributed by atoms with Gasteiger partial charge >= 0.3 is 12.1 Å². The van der Waals surface area contributed by atoms with E-state index in [9.17, 15) is 14.4 Å². The van der Waals surface area contributed by atoms with Gasteiger partial charge in [0.05, 0.1) is 6.61 Å². The molecule has 1 aromatic carbocycles. The SMILES string of the molecule is CCOC(=O)CC(=O)N1C(=O)OC[C@@H]1c1ccccc1C. The van der Waals surface area contributed by atoms with Gasteiger partial charge in [0, 0.05) is 0 Å². The number of carbonyl (C=O) groups is 3. The van der Waals surface area contributed by atoms with E-state index < -0.39 is 30.4 Å². The van der Waals surface area contributed by atoms with Crippen molar-refractivity contribution in [3.63, 3.8) is 0 Å². The van der Waals surface area contributed by atoms with Crippen molar-refractivity contribution in [2.75, 3.05) is 13.2 Å². The van der Waals surface area contributed by atoms with E-state index in [2.05, 4.69) is 0 Å². The number of imide groups is 1. The minimum Gasteiger partial charge on any atom is -0.466 e. The lowest BCUT2D eigenvalue weighted by atomic mass is 10.0.